The lowest BCUT2D eigenvalue weighted by atomic mass is 10.1. The van der Waals surface area contributed by atoms with Crippen molar-refractivity contribution in [3.8, 4) is 0 Å². The first-order valence-corrected chi connectivity index (χ1v) is 7.70. The van der Waals surface area contributed by atoms with Gasteiger partial charge in [-0.05, 0) is 26.3 Å². The van der Waals surface area contributed by atoms with E-state index >= 15 is 0 Å². The minimum Gasteiger partial charge on any atom is -0.375 e. The molecule has 1 aliphatic heterocycles. The number of aromatic nitrogens is 2. The van der Waals surface area contributed by atoms with Gasteiger partial charge in [0.05, 0.1) is 17.9 Å². The second kappa shape index (κ2) is 7.21. The summed E-state index contributed by atoms with van der Waals surface area (Å²) < 4.78 is 6.84. The number of nitrogens with one attached hydrogen (secondary N) is 1. The third-order valence-electron chi connectivity index (χ3n) is 3.52. The second-order valence-corrected chi connectivity index (χ2v) is 6.61. The van der Waals surface area contributed by atoms with Crippen LogP contribution >= 0.6 is 0 Å². The highest BCUT2D eigenvalue weighted by molar-refractivity contribution is 5.77. The fraction of sp³-hybridized carbons (Fsp3) is 0.733. The monoisotopic (exact) mass is 309 g/mol. The molecule has 3 N–H and O–H groups in total. The minimum atomic E-state index is -0.202. The van der Waals surface area contributed by atoms with E-state index in [1.54, 1.807) is 0 Å². The van der Waals surface area contributed by atoms with E-state index in [0.717, 1.165) is 38.3 Å². The van der Waals surface area contributed by atoms with Gasteiger partial charge in [-0.25, -0.2) is 0 Å². The van der Waals surface area contributed by atoms with E-state index < -0.39 is 0 Å². The fourth-order valence-electron chi connectivity index (χ4n) is 2.76. The average Bonchev–Trinajstić information content (AvgIpc) is 2.68. The highest BCUT2D eigenvalue weighted by Crippen LogP contribution is 2.15. The zero-order chi connectivity index (χ0) is 16.2. The molecule has 1 aromatic rings. The summed E-state index contributed by atoms with van der Waals surface area (Å²) in [6.07, 6.45) is 1.06. The first kappa shape index (κ1) is 16.9. The molecule has 22 heavy (non-hydrogen) atoms. The van der Waals surface area contributed by atoms with E-state index in [2.05, 4.69) is 21.4 Å². The summed E-state index contributed by atoms with van der Waals surface area (Å²) in [5, 5.41) is 7.38. The molecule has 0 spiro atoms. The van der Waals surface area contributed by atoms with Gasteiger partial charge in [-0.3, -0.25) is 14.4 Å². The van der Waals surface area contributed by atoms with Gasteiger partial charge in [0.25, 0.3) is 0 Å². The molecule has 124 valence electrons. The molecule has 0 fully saturated rings. The van der Waals surface area contributed by atoms with Crippen molar-refractivity contribution in [2.75, 3.05) is 26.8 Å². The Morgan fingerprint density at radius 3 is 2.95 bits per heavy atom. The van der Waals surface area contributed by atoms with Crippen LogP contribution in [0.5, 0.6) is 0 Å². The molecule has 7 heteroatoms. The molecule has 2 rings (SSSR count). The lowest BCUT2D eigenvalue weighted by Crippen LogP contribution is -2.45. The number of methoxy groups -OCH3 is 1. The summed E-state index contributed by atoms with van der Waals surface area (Å²) in [6.45, 7) is 8.25. The summed E-state index contributed by atoms with van der Waals surface area (Å²) in [7, 11) is 1.51. The van der Waals surface area contributed by atoms with Crippen LogP contribution in [0.2, 0.25) is 0 Å². The summed E-state index contributed by atoms with van der Waals surface area (Å²) >= 11 is 0. The van der Waals surface area contributed by atoms with Crippen LogP contribution in [0.3, 0.4) is 0 Å². The van der Waals surface area contributed by atoms with Crippen LogP contribution in [0, 0.1) is 0 Å². The van der Waals surface area contributed by atoms with Crippen LogP contribution in [0.4, 0.5) is 0 Å². The maximum absolute atomic E-state index is 11.4. The SMILES string of the molecule is COCC(=O)NCc1cc2n(n1)CCCN(CC(C)(C)N)C2. The van der Waals surface area contributed by atoms with E-state index in [9.17, 15) is 4.79 Å². The number of nitrogens with two attached hydrogens (primary N) is 1. The highest BCUT2D eigenvalue weighted by Gasteiger charge is 2.21. The Labute approximate surface area is 131 Å². The first-order chi connectivity index (χ1) is 10.4. The predicted molar refractivity (Wildman–Crippen MR) is 84.1 cm³/mol. The molecule has 0 saturated heterocycles. The van der Waals surface area contributed by atoms with E-state index in [4.69, 9.17) is 10.5 Å². The topological polar surface area (TPSA) is 85.4 Å². The van der Waals surface area contributed by atoms with Crippen LogP contribution in [0.25, 0.3) is 0 Å². The molecule has 1 aromatic heterocycles. The Balaban J connectivity index is 1.97. The van der Waals surface area contributed by atoms with Crippen molar-refractivity contribution in [1.29, 1.82) is 0 Å². The van der Waals surface area contributed by atoms with Gasteiger partial charge in [-0.2, -0.15) is 5.10 Å². The fourth-order valence-corrected chi connectivity index (χ4v) is 2.76. The maximum atomic E-state index is 11.4. The number of nitrogens with zero attached hydrogens (tertiary/aromatic N) is 3. The third kappa shape index (κ3) is 5.08. The molecule has 0 radical (unpaired) electrons. The van der Waals surface area contributed by atoms with Crippen molar-refractivity contribution >= 4 is 5.91 Å². The highest BCUT2D eigenvalue weighted by atomic mass is 16.5. The van der Waals surface area contributed by atoms with Crippen LogP contribution in [0.1, 0.15) is 31.7 Å². The van der Waals surface area contributed by atoms with E-state index in [0.29, 0.717) is 6.54 Å². The maximum Gasteiger partial charge on any atom is 0.246 e. The molecule has 1 aliphatic rings. The Morgan fingerprint density at radius 1 is 1.50 bits per heavy atom. The van der Waals surface area contributed by atoms with E-state index in [1.165, 1.54) is 12.8 Å². The number of hydrogen-bond donors (Lipinski definition) is 2. The van der Waals surface area contributed by atoms with Gasteiger partial charge < -0.3 is 15.8 Å². The first-order valence-electron chi connectivity index (χ1n) is 7.70. The summed E-state index contributed by atoms with van der Waals surface area (Å²) in [4.78, 5) is 13.8. The van der Waals surface area contributed by atoms with Crippen molar-refractivity contribution in [2.45, 2.75) is 45.4 Å². The number of hydrogen-bond acceptors (Lipinski definition) is 5. The normalized spacial score (nSPS) is 16.2. The van der Waals surface area contributed by atoms with Crippen molar-refractivity contribution in [3.63, 3.8) is 0 Å². The Kier molecular flexibility index (Phi) is 5.55. The zero-order valence-electron chi connectivity index (χ0n) is 13.8. The molecule has 0 unspecified atom stereocenters. The van der Waals surface area contributed by atoms with Crippen LogP contribution in [-0.4, -0.2) is 52.9 Å². The number of fused-ring (bicyclic) bond motifs is 1. The van der Waals surface area contributed by atoms with Gasteiger partial charge in [-0.15, -0.1) is 0 Å². The third-order valence-corrected chi connectivity index (χ3v) is 3.52. The van der Waals surface area contributed by atoms with Crippen molar-refractivity contribution in [3.05, 3.63) is 17.5 Å². The zero-order valence-corrected chi connectivity index (χ0v) is 13.8. The molecular formula is C15H27N5O2. The van der Waals surface area contributed by atoms with Crippen molar-refractivity contribution in [1.82, 2.24) is 20.0 Å². The number of ether oxygens (including phenoxy) is 1. The molecule has 0 bridgehead atoms. The second-order valence-electron chi connectivity index (χ2n) is 6.61. The van der Waals surface area contributed by atoms with E-state index in [1.807, 2.05) is 18.5 Å². The number of amides is 1. The smallest absolute Gasteiger partial charge is 0.246 e. The molecule has 0 atom stereocenters. The lowest BCUT2D eigenvalue weighted by molar-refractivity contribution is -0.124. The standard InChI is InChI=1S/C15H27N5O2/c1-15(2,16)11-19-5-4-6-20-13(9-19)7-12(18-20)8-17-14(21)10-22-3/h7H,4-6,8-11,16H2,1-3H3,(H,17,21). The van der Waals surface area contributed by atoms with Gasteiger partial charge in [0.2, 0.25) is 5.91 Å². The number of aryl methyl sites for hydroxylation is 1. The van der Waals surface area contributed by atoms with Crippen LogP contribution in [0.15, 0.2) is 6.07 Å². The van der Waals surface area contributed by atoms with Gasteiger partial charge in [0, 0.05) is 38.8 Å². The lowest BCUT2D eigenvalue weighted by Gasteiger charge is -2.28. The molecule has 7 nitrogen and oxygen atoms in total. The minimum absolute atomic E-state index is 0.0763. The molecule has 0 aromatic carbocycles. The molecule has 1 amide bonds. The molecule has 2 heterocycles. The van der Waals surface area contributed by atoms with Crippen LogP contribution < -0.4 is 11.1 Å². The molecule has 0 aliphatic carbocycles. The van der Waals surface area contributed by atoms with Gasteiger partial charge in [-0.1, -0.05) is 0 Å². The van der Waals surface area contributed by atoms with Crippen molar-refractivity contribution in [2.24, 2.45) is 5.73 Å². The van der Waals surface area contributed by atoms with Crippen molar-refractivity contribution < 1.29 is 9.53 Å². The molecular weight excluding hydrogens is 282 g/mol. The number of carbonyl (C=O) groups excluding carboxylic acids is 1. The average molecular weight is 309 g/mol. The van der Waals surface area contributed by atoms with E-state index in [-0.39, 0.29) is 18.1 Å². The predicted octanol–water partition coefficient (Wildman–Crippen LogP) is 0.0887. The summed E-state index contributed by atoms with van der Waals surface area (Å²) in [5.74, 6) is -0.128. The quantitative estimate of drug-likeness (QED) is 0.778. The Morgan fingerprint density at radius 2 is 2.27 bits per heavy atom. The van der Waals surface area contributed by atoms with Gasteiger partial charge in [0.15, 0.2) is 0 Å². The largest absolute Gasteiger partial charge is 0.375 e. The number of carbonyl (C=O) groups is 1. The van der Waals surface area contributed by atoms with Crippen LogP contribution in [-0.2, 0) is 29.2 Å². The number of rotatable bonds is 6. The molecule has 0 saturated carbocycles. The summed E-state index contributed by atoms with van der Waals surface area (Å²) in [6, 6.07) is 2.06. The Bertz CT molecular complexity index is 507. The Hall–Kier alpha value is -1.44. The van der Waals surface area contributed by atoms with Gasteiger partial charge >= 0.3 is 0 Å². The summed E-state index contributed by atoms with van der Waals surface area (Å²) in [5.41, 5.74) is 7.99. The van der Waals surface area contributed by atoms with Gasteiger partial charge in [0.1, 0.15) is 6.61 Å².